The van der Waals surface area contributed by atoms with Gasteiger partial charge in [0.1, 0.15) is 11.3 Å². The second kappa shape index (κ2) is 4.49. The van der Waals surface area contributed by atoms with Crippen LogP contribution in [0, 0.1) is 0 Å². The molecule has 0 aliphatic carbocycles. The molecule has 0 bridgehead atoms. The van der Waals surface area contributed by atoms with Gasteiger partial charge in [-0.1, -0.05) is 18.2 Å². The Kier molecular flexibility index (Phi) is 3.19. The summed E-state index contributed by atoms with van der Waals surface area (Å²) in [5, 5.41) is 11.3. The smallest absolute Gasteiger partial charge is 0.192 e. The first-order valence-electron chi connectivity index (χ1n) is 5.36. The van der Waals surface area contributed by atoms with E-state index in [2.05, 4.69) is 0 Å². The Labute approximate surface area is 99.8 Å². The van der Waals surface area contributed by atoms with Crippen LogP contribution in [0.2, 0.25) is 0 Å². The molecule has 4 heteroatoms. The van der Waals surface area contributed by atoms with E-state index in [1.54, 1.807) is 13.0 Å². The Bertz CT molecular complexity index is 464. The van der Waals surface area contributed by atoms with Crippen molar-refractivity contribution in [2.45, 2.75) is 18.8 Å². The molecule has 2 rings (SSSR count). The lowest BCUT2D eigenvalue weighted by Gasteiger charge is -2.28. The van der Waals surface area contributed by atoms with E-state index in [9.17, 15) is 5.11 Å². The number of hydrogen-bond donors (Lipinski definition) is 1. The summed E-state index contributed by atoms with van der Waals surface area (Å²) in [5.74, 6) is 0.424. The molecule has 0 saturated carbocycles. The minimum atomic E-state index is -1.33. The Hall–Kier alpha value is -1.36. The van der Waals surface area contributed by atoms with Crippen LogP contribution >= 0.6 is 0 Å². The summed E-state index contributed by atoms with van der Waals surface area (Å²) in [6.45, 7) is 1.60. The Morgan fingerprint density at radius 3 is 2.47 bits per heavy atom. The lowest BCUT2D eigenvalue weighted by Crippen LogP contribution is -2.38. The van der Waals surface area contributed by atoms with Gasteiger partial charge in [-0.25, -0.2) is 0 Å². The van der Waals surface area contributed by atoms with Gasteiger partial charge in [0, 0.05) is 19.6 Å². The van der Waals surface area contributed by atoms with E-state index in [0.29, 0.717) is 5.76 Å². The molecule has 0 radical (unpaired) electrons. The van der Waals surface area contributed by atoms with Gasteiger partial charge in [-0.3, -0.25) is 0 Å². The molecule has 1 aromatic heterocycles. The minimum absolute atomic E-state index is 0.424. The highest BCUT2D eigenvalue weighted by Crippen LogP contribution is 2.31. The van der Waals surface area contributed by atoms with E-state index in [-0.39, 0.29) is 0 Å². The van der Waals surface area contributed by atoms with Crippen molar-refractivity contribution >= 4 is 11.0 Å². The quantitative estimate of drug-likeness (QED) is 0.827. The number of para-hydroxylation sites is 1. The normalized spacial score (nSPS) is 15.4. The predicted octanol–water partition coefficient (Wildman–Crippen LogP) is 2.26. The summed E-state index contributed by atoms with van der Waals surface area (Å²) >= 11 is 0. The van der Waals surface area contributed by atoms with Crippen molar-refractivity contribution in [2.24, 2.45) is 0 Å². The lowest BCUT2D eigenvalue weighted by molar-refractivity contribution is -0.218. The fourth-order valence-electron chi connectivity index (χ4n) is 1.90. The predicted molar refractivity (Wildman–Crippen MR) is 63.6 cm³/mol. The second-order valence-electron chi connectivity index (χ2n) is 4.10. The third kappa shape index (κ3) is 2.07. The first kappa shape index (κ1) is 12.1. The molecule has 0 fully saturated rings. The van der Waals surface area contributed by atoms with Crippen molar-refractivity contribution in [3.8, 4) is 0 Å². The van der Waals surface area contributed by atoms with E-state index >= 15 is 0 Å². The Balaban J connectivity index is 2.44. The van der Waals surface area contributed by atoms with E-state index in [1.807, 2.05) is 24.3 Å². The van der Waals surface area contributed by atoms with Crippen LogP contribution in [0.5, 0.6) is 0 Å². The molecular formula is C13H16O4. The van der Waals surface area contributed by atoms with Crippen molar-refractivity contribution in [3.63, 3.8) is 0 Å². The van der Waals surface area contributed by atoms with Crippen LogP contribution in [0.15, 0.2) is 34.7 Å². The third-order valence-electron chi connectivity index (χ3n) is 2.81. The molecule has 0 aliphatic heterocycles. The molecule has 2 aromatic rings. The van der Waals surface area contributed by atoms with Gasteiger partial charge in [0.25, 0.3) is 0 Å². The molecule has 0 aliphatic rings. The van der Waals surface area contributed by atoms with Gasteiger partial charge in [-0.15, -0.1) is 0 Å². The van der Waals surface area contributed by atoms with Gasteiger partial charge in [0.15, 0.2) is 11.9 Å². The molecule has 0 spiro atoms. The number of aliphatic hydroxyl groups is 1. The number of ether oxygens (including phenoxy) is 2. The molecule has 1 N–H and O–H groups in total. The maximum atomic E-state index is 10.4. The van der Waals surface area contributed by atoms with Crippen LogP contribution in [-0.2, 0) is 15.1 Å². The molecule has 92 valence electrons. The van der Waals surface area contributed by atoms with E-state index < -0.39 is 11.9 Å². The summed E-state index contributed by atoms with van der Waals surface area (Å²) in [6, 6.07) is 9.37. The van der Waals surface area contributed by atoms with Crippen LogP contribution < -0.4 is 0 Å². The highest BCUT2D eigenvalue weighted by Gasteiger charge is 2.37. The van der Waals surface area contributed by atoms with Crippen molar-refractivity contribution in [3.05, 3.63) is 36.1 Å². The number of rotatable bonds is 4. The zero-order chi connectivity index (χ0) is 12.5. The fourth-order valence-corrected chi connectivity index (χ4v) is 1.90. The summed E-state index contributed by atoms with van der Waals surface area (Å²) in [7, 11) is 2.95. The molecule has 1 aromatic carbocycles. The zero-order valence-electron chi connectivity index (χ0n) is 10.1. The molecule has 1 unspecified atom stereocenters. The molecule has 1 heterocycles. The standard InChI is InChI=1S/C13H16O4/c1-13(14,12(15-2)16-3)11-8-9-6-4-5-7-10(9)17-11/h4-8,12,14H,1-3H3. The van der Waals surface area contributed by atoms with E-state index in [1.165, 1.54) is 14.2 Å². The van der Waals surface area contributed by atoms with Gasteiger partial charge >= 0.3 is 0 Å². The van der Waals surface area contributed by atoms with Gasteiger partial charge in [-0.05, 0) is 19.1 Å². The largest absolute Gasteiger partial charge is 0.458 e. The highest BCUT2D eigenvalue weighted by molar-refractivity contribution is 5.77. The first-order chi connectivity index (χ1) is 8.09. The van der Waals surface area contributed by atoms with Gasteiger partial charge in [0.2, 0.25) is 0 Å². The minimum Gasteiger partial charge on any atom is -0.458 e. The average molecular weight is 236 g/mol. The van der Waals surface area contributed by atoms with Crippen molar-refractivity contribution in [1.29, 1.82) is 0 Å². The van der Waals surface area contributed by atoms with Crippen LogP contribution in [0.1, 0.15) is 12.7 Å². The molecule has 17 heavy (non-hydrogen) atoms. The molecule has 0 saturated heterocycles. The Morgan fingerprint density at radius 1 is 1.24 bits per heavy atom. The summed E-state index contributed by atoms with van der Waals surface area (Å²) in [4.78, 5) is 0. The topological polar surface area (TPSA) is 51.8 Å². The fraction of sp³-hybridized carbons (Fsp3) is 0.385. The molecule has 1 atom stereocenters. The lowest BCUT2D eigenvalue weighted by atomic mass is 10.0. The van der Waals surface area contributed by atoms with Crippen LogP contribution in [0.4, 0.5) is 0 Å². The SMILES string of the molecule is COC(OC)C(C)(O)c1cc2ccccc2o1. The number of furan rings is 1. The van der Waals surface area contributed by atoms with E-state index in [4.69, 9.17) is 13.9 Å². The van der Waals surface area contributed by atoms with Crippen molar-refractivity contribution in [2.75, 3.05) is 14.2 Å². The number of methoxy groups -OCH3 is 2. The van der Waals surface area contributed by atoms with E-state index in [0.717, 1.165) is 11.0 Å². The highest BCUT2D eigenvalue weighted by atomic mass is 16.7. The molecule has 0 amide bonds. The second-order valence-corrected chi connectivity index (χ2v) is 4.10. The summed E-state index contributed by atoms with van der Waals surface area (Å²) < 4.78 is 15.8. The first-order valence-corrected chi connectivity index (χ1v) is 5.36. The van der Waals surface area contributed by atoms with Crippen LogP contribution in [-0.4, -0.2) is 25.6 Å². The monoisotopic (exact) mass is 236 g/mol. The van der Waals surface area contributed by atoms with Crippen molar-refractivity contribution < 1.29 is 19.0 Å². The molecular weight excluding hydrogens is 220 g/mol. The van der Waals surface area contributed by atoms with Crippen LogP contribution in [0.25, 0.3) is 11.0 Å². The maximum absolute atomic E-state index is 10.4. The third-order valence-corrected chi connectivity index (χ3v) is 2.81. The summed E-state index contributed by atoms with van der Waals surface area (Å²) in [5.41, 5.74) is -0.601. The van der Waals surface area contributed by atoms with Gasteiger partial charge in [-0.2, -0.15) is 0 Å². The maximum Gasteiger partial charge on any atom is 0.192 e. The van der Waals surface area contributed by atoms with Crippen LogP contribution in [0.3, 0.4) is 0 Å². The zero-order valence-corrected chi connectivity index (χ0v) is 10.1. The van der Waals surface area contributed by atoms with Gasteiger partial charge < -0.3 is 19.0 Å². The van der Waals surface area contributed by atoms with Gasteiger partial charge in [0.05, 0.1) is 0 Å². The van der Waals surface area contributed by atoms with Crippen molar-refractivity contribution in [1.82, 2.24) is 0 Å². The number of fused-ring (bicyclic) bond motifs is 1. The number of hydrogen-bond acceptors (Lipinski definition) is 4. The number of benzene rings is 1. The Morgan fingerprint density at radius 2 is 1.88 bits per heavy atom. The summed E-state index contributed by atoms with van der Waals surface area (Å²) in [6.07, 6.45) is -0.775. The average Bonchev–Trinajstić information content (AvgIpc) is 2.74. The molecule has 4 nitrogen and oxygen atoms in total.